The van der Waals surface area contributed by atoms with Gasteiger partial charge in [0.25, 0.3) is 5.91 Å². The van der Waals surface area contributed by atoms with Gasteiger partial charge in [0, 0.05) is 5.69 Å². The second-order valence-electron chi connectivity index (χ2n) is 7.51. The van der Waals surface area contributed by atoms with Crippen LogP contribution in [-0.4, -0.2) is 39.4 Å². The van der Waals surface area contributed by atoms with E-state index in [2.05, 4.69) is 20.8 Å². The van der Waals surface area contributed by atoms with Crippen molar-refractivity contribution in [1.29, 1.82) is 0 Å². The number of carbonyl (C=O) groups is 2. The van der Waals surface area contributed by atoms with Gasteiger partial charge in [0.2, 0.25) is 5.91 Å². The van der Waals surface area contributed by atoms with E-state index in [1.165, 1.54) is 36.1 Å². The van der Waals surface area contributed by atoms with Crippen molar-refractivity contribution in [2.75, 3.05) is 18.2 Å². The summed E-state index contributed by atoms with van der Waals surface area (Å²) in [6, 6.07) is 14.4. The Labute approximate surface area is 213 Å². The van der Waals surface area contributed by atoms with E-state index >= 15 is 0 Å². The fraction of sp³-hybridized carbons (Fsp3) is 0.167. The molecule has 2 aromatic heterocycles. The normalized spacial score (nSPS) is 11.2. The number of anilines is 1. The van der Waals surface area contributed by atoms with Gasteiger partial charge in [-0.05, 0) is 54.6 Å². The van der Waals surface area contributed by atoms with E-state index in [1.807, 2.05) is 0 Å². The van der Waals surface area contributed by atoms with Gasteiger partial charge in [-0.15, -0.1) is 10.2 Å². The molecule has 0 spiro atoms. The van der Waals surface area contributed by atoms with Crippen molar-refractivity contribution in [2.45, 2.75) is 17.9 Å². The highest BCUT2D eigenvalue weighted by molar-refractivity contribution is 7.99. The fourth-order valence-corrected chi connectivity index (χ4v) is 4.02. The monoisotopic (exact) mass is 531 g/mol. The quantitative estimate of drug-likeness (QED) is 0.305. The SMILES string of the molecule is COc1ccc(NC(=O)CSc2nnc(CNC(=O)c3ccco3)n2-c2cccc(C(F)(F)F)c2)cc1. The van der Waals surface area contributed by atoms with Crippen molar-refractivity contribution >= 4 is 29.3 Å². The Hall–Kier alpha value is -4.26. The third kappa shape index (κ3) is 6.50. The molecular weight excluding hydrogens is 511 g/mol. The summed E-state index contributed by atoms with van der Waals surface area (Å²) in [5.41, 5.74) is -0.190. The zero-order valence-electron chi connectivity index (χ0n) is 19.3. The summed E-state index contributed by atoms with van der Waals surface area (Å²) in [5, 5.41) is 13.6. The summed E-state index contributed by atoms with van der Waals surface area (Å²) in [6.07, 6.45) is -3.23. The molecule has 4 rings (SSSR count). The molecule has 2 amide bonds. The van der Waals surface area contributed by atoms with Gasteiger partial charge < -0.3 is 19.8 Å². The standard InChI is InChI=1S/C24H20F3N5O4S/c1-35-18-9-7-16(8-10-18)29-21(33)14-37-23-31-30-20(13-28-22(34)19-6-3-11-36-19)32(23)17-5-2-4-15(12-17)24(25,26)27/h2-12H,13-14H2,1H3,(H,28,34)(H,29,33). The first-order chi connectivity index (χ1) is 17.7. The van der Waals surface area contributed by atoms with Crippen LogP contribution in [0, 0.1) is 0 Å². The first-order valence-electron chi connectivity index (χ1n) is 10.7. The van der Waals surface area contributed by atoms with Gasteiger partial charge in [-0.1, -0.05) is 17.8 Å². The van der Waals surface area contributed by atoms with Crippen LogP contribution >= 0.6 is 11.8 Å². The molecule has 0 radical (unpaired) electrons. The predicted molar refractivity (Wildman–Crippen MR) is 129 cm³/mol. The minimum atomic E-state index is -4.57. The minimum Gasteiger partial charge on any atom is -0.497 e. The molecule has 4 aromatic rings. The van der Waals surface area contributed by atoms with E-state index in [0.717, 1.165) is 23.9 Å². The number of rotatable bonds is 9. The summed E-state index contributed by atoms with van der Waals surface area (Å²) in [4.78, 5) is 24.8. The third-order valence-electron chi connectivity index (χ3n) is 4.99. The molecular formula is C24H20F3N5O4S. The van der Waals surface area contributed by atoms with Crippen LogP contribution in [0.4, 0.5) is 18.9 Å². The van der Waals surface area contributed by atoms with Gasteiger partial charge in [0.1, 0.15) is 5.75 Å². The number of nitrogens with one attached hydrogen (secondary N) is 2. The van der Waals surface area contributed by atoms with Gasteiger partial charge in [0.15, 0.2) is 16.7 Å². The van der Waals surface area contributed by atoms with E-state index < -0.39 is 17.6 Å². The van der Waals surface area contributed by atoms with Crippen molar-refractivity contribution in [1.82, 2.24) is 20.1 Å². The van der Waals surface area contributed by atoms with Crippen molar-refractivity contribution in [3.05, 3.63) is 84.1 Å². The Bertz CT molecular complexity index is 1370. The summed E-state index contributed by atoms with van der Waals surface area (Å²) >= 11 is 0.983. The number of ether oxygens (including phenoxy) is 1. The average Bonchev–Trinajstić information content (AvgIpc) is 3.56. The van der Waals surface area contributed by atoms with E-state index in [9.17, 15) is 22.8 Å². The van der Waals surface area contributed by atoms with E-state index in [0.29, 0.717) is 11.4 Å². The number of thioether (sulfide) groups is 1. The molecule has 192 valence electrons. The van der Waals surface area contributed by atoms with Crippen molar-refractivity contribution in [3.8, 4) is 11.4 Å². The maximum absolute atomic E-state index is 13.4. The van der Waals surface area contributed by atoms with Crippen LogP contribution in [-0.2, 0) is 17.5 Å². The van der Waals surface area contributed by atoms with Gasteiger partial charge in [-0.25, -0.2) is 0 Å². The lowest BCUT2D eigenvalue weighted by Gasteiger charge is -2.13. The topological polar surface area (TPSA) is 111 Å². The summed E-state index contributed by atoms with van der Waals surface area (Å²) in [6.45, 7) is -0.151. The molecule has 0 aliphatic rings. The highest BCUT2D eigenvalue weighted by Gasteiger charge is 2.31. The van der Waals surface area contributed by atoms with Crippen LogP contribution in [0.25, 0.3) is 5.69 Å². The second kappa shape index (κ2) is 11.2. The van der Waals surface area contributed by atoms with Crippen molar-refractivity contribution < 1.29 is 31.9 Å². The maximum atomic E-state index is 13.4. The predicted octanol–water partition coefficient (Wildman–Crippen LogP) is 4.55. The lowest BCUT2D eigenvalue weighted by atomic mass is 10.2. The number of amides is 2. The van der Waals surface area contributed by atoms with Gasteiger partial charge in [-0.2, -0.15) is 13.2 Å². The number of hydrogen-bond donors (Lipinski definition) is 2. The van der Waals surface area contributed by atoms with E-state index in [-0.39, 0.29) is 40.6 Å². The third-order valence-corrected chi connectivity index (χ3v) is 5.92. The maximum Gasteiger partial charge on any atom is 0.416 e. The first-order valence-corrected chi connectivity index (χ1v) is 11.7. The molecule has 9 nitrogen and oxygen atoms in total. The molecule has 2 N–H and O–H groups in total. The number of aromatic nitrogens is 3. The Morgan fingerprint density at radius 2 is 1.86 bits per heavy atom. The molecule has 37 heavy (non-hydrogen) atoms. The Morgan fingerprint density at radius 1 is 1.08 bits per heavy atom. The molecule has 2 heterocycles. The van der Waals surface area contributed by atoms with Gasteiger partial charge in [0.05, 0.1) is 36.9 Å². The van der Waals surface area contributed by atoms with Crippen LogP contribution in [0.5, 0.6) is 5.75 Å². The molecule has 0 aliphatic carbocycles. The number of methoxy groups -OCH3 is 1. The molecule has 2 aromatic carbocycles. The van der Waals surface area contributed by atoms with Crippen LogP contribution in [0.2, 0.25) is 0 Å². The Balaban J connectivity index is 1.54. The molecule has 0 bridgehead atoms. The molecule has 0 fully saturated rings. The number of halogens is 3. The number of benzene rings is 2. The summed E-state index contributed by atoms with van der Waals surface area (Å²) in [7, 11) is 1.53. The van der Waals surface area contributed by atoms with E-state index in [1.54, 1.807) is 30.3 Å². The lowest BCUT2D eigenvalue weighted by Crippen LogP contribution is -2.24. The minimum absolute atomic E-state index is 0.0648. The summed E-state index contributed by atoms with van der Waals surface area (Å²) in [5.74, 6) is -0.124. The van der Waals surface area contributed by atoms with Gasteiger partial charge in [-0.3, -0.25) is 14.2 Å². The zero-order chi connectivity index (χ0) is 26.4. The number of furan rings is 1. The fourth-order valence-electron chi connectivity index (χ4n) is 3.24. The summed E-state index contributed by atoms with van der Waals surface area (Å²) < 4.78 is 51.6. The van der Waals surface area contributed by atoms with Crippen LogP contribution in [0.3, 0.4) is 0 Å². The Morgan fingerprint density at radius 3 is 2.54 bits per heavy atom. The number of alkyl halides is 3. The van der Waals surface area contributed by atoms with Crippen LogP contribution in [0.15, 0.2) is 76.5 Å². The molecule has 0 atom stereocenters. The molecule has 13 heteroatoms. The van der Waals surface area contributed by atoms with Crippen LogP contribution in [0.1, 0.15) is 21.9 Å². The molecule has 0 saturated heterocycles. The Kier molecular flexibility index (Phi) is 7.82. The largest absolute Gasteiger partial charge is 0.497 e. The van der Waals surface area contributed by atoms with Gasteiger partial charge >= 0.3 is 6.18 Å². The lowest BCUT2D eigenvalue weighted by molar-refractivity contribution is -0.137. The molecule has 0 unspecified atom stereocenters. The van der Waals surface area contributed by atoms with Crippen molar-refractivity contribution in [3.63, 3.8) is 0 Å². The zero-order valence-corrected chi connectivity index (χ0v) is 20.1. The number of carbonyl (C=O) groups excluding carboxylic acids is 2. The number of hydrogen-bond acceptors (Lipinski definition) is 7. The highest BCUT2D eigenvalue weighted by atomic mass is 32.2. The average molecular weight is 532 g/mol. The van der Waals surface area contributed by atoms with Crippen LogP contribution < -0.4 is 15.4 Å². The van der Waals surface area contributed by atoms with E-state index in [4.69, 9.17) is 9.15 Å². The second-order valence-corrected chi connectivity index (χ2v) is 8.45. The first kappa shape index (κ1) is 25.8. The molecule has 0 aliphatic heterocycles. The number of nitrogens with zero attached hydrogens (tertiary/aromatic N) is 3. The highest BCUT2D eigenvalue weighted by Crippen LogP contribution is 2.31. The smallest absolute Gasteiger partial charge is 0.416 e. The van der Waals surface area contributed by atoms with Crippen molar-refractivity contribution in [2.24, 2.45) is 0 Å². The molecule has 0 saturated carbocycles.